The SMILES string of the molecule is CC(C#N)[C@H]1CC[C@H]2[C@@H]3CC[C@H]4C[C@@H](O)CC[C@]4(C)[C@H]3CC[C@]12C. The minimum absolute atomic E-state index is 0.0409. The monoisotopic (exact) mass is 329 g/mol. The third-order valence-electron chi connectivity index (χ3n) is 9.52. The van der Waals surface area contributed by atoms with E-state index in [0.717, 1.165) is 36.5 Å². The van der Waals surface area contributed by atoms with E-state index in [2.05, 4.69) is 26.8 Å². The molecule has 0 heterocycles. The summed E-state index contributed by atoms with van der Waals surface area (Å²) in [5, 5.41) is 19.6. The number of aliphatic hydroxyl groups excluding tert-OH is 1. The molecule has 1 N–H and O–H groups in total. The van der Waals surface area contributed by atoms with E-state index in [1.807, 2.05) is 0 Å². The van der Waals surface area contributed by atoms with E-state index >= 15 is 0 Å². The summed E-state index contributed by atoms with van der Waals surface area (Å²) in [4.78, 5) is 0. The normalized spacial score (nSPS) is 55.0. The number of hydrogen-bond acceptors (Lipinski definition) is 2. The first-order chi connectivity index (χ1) is 11.4. The average molecular weight is 330 g/mol. The minimum Gasteiger partial charge on any atom is -0.393 e. The van der Waals surface area contributed by atoms with Crippen molar-refractivity contribution in [1.29, 1.82) is 5.26 Å². The molecule has 2 heteroatoms. The van der Waals surface area contributed by atoms with Crippen LogP contribution in [-0.4, -0.2) is 11.2 Å². The highest BCUT2D eigenvalue weighted by Gasteiger charge is 2.60. The molecule has 4 rings (SSSR count). The maximum atomic E-state index is 10.1. The third-order valence-corrected chi connectivity index (χ3v) is 9.52. The molecule has 0 radical (unpaired) electrons. The lowest BCUT2D eigenvalue weighted by atomic mass is 9.44. The summed E-state index contributed by atoms with van der Waals surface area (Å²) in [6.45, 7) is 7.25. The van der Waals surface area contributed by atoms with Crippen LogP contribution in [0, 0.1) is 57.7 Å². The van der Waals surface area contributed by atoms with E-state index < -0.39 is 0 Å². The Morgan fingerprint density at radius 3 is 2.42 bits per heavy atom. The van der Waals surface area contributed by atoms with E-state index in [-0.39, 0.29) is 12.0 Å². The molecule has 4 aliphatic rings. The van der Waals surface area contributed by atoms with E-state index in [0.29, 0.717) is 16.7 Å². The second kappa shape index (κ2) is 5.73. The molecule has 0 bridgehead atoms. The Balaban J connectivity index is 1.60. The van der Waals surface area contributed by atoms with E-state index in [4.69, 9.17) is 0 Å². The summed E-state index contributed by atoms with van der Waals surface area (Å²) >= 11 is 0. The van der Waals surface area contributed by atoms with Crippen LogP contribution < -0.4 is 0 Å². The molecule has 24 heavy (non-hydrogen) atoms. The van der Waals surface area contributed by atoms with Crippen molar-refractivity contribution in [3.63, 3.8) is 0 Å². The molecule has 0 saturated heterocycles. The zero-order chi connectivity index (χ0) is 17.1. The van der Waals surface area contributed by atoms with Gasteiger partial charge in [0.25, 0.3) is 0 Å². The molecule has 9 atom stereocenters. The van der Waals surface area contributed by atoms with Gasteiger partial charge in [0.05, 0.1) is 12.2 Å². The van der Waals surface area contributed by atoms with E-state index in [9.17, 15) is 10.4 Å². The zero-order valence-corrected chi connectivity index (χ0v) is 15.8. The zero-order valence-electron chi connectivity index (χ0n) is 15.8. The first-order valence-electron chi connectivity index (χ1n) is 10.5. The molecule has 4 fully saturated rings. The van der Waals surface area contributed by atoms with Crippen LogP contribution in [0.5, 0.6) is 0 Å². The number of aliphatic hydroxyl groups is 1. The highest BCUT2D eigenvalue weighted by atomic mass is 16.3. The predicted octanol–water partition coefficient (Wildman–Crippen LogP) is 5.17. The molecular weight excluding hydrogens is 294 g/mol. The van der Waals surface area contributed by atoms with Crippen LogP contribution >= 0.6 is 0 Å². The summed E-state index contributed by atoms with van der Waals surface area (Å²) in [6, 6.07) is 2.57. The van der Waals surface area contributed by atoms with Gasteiger partial charge in [-0.25, -0.2) is 0 Å². The lowest BCUT2D eigenvalue weighted by Crippen LogP contribution is -2.54. The topological polar surface area (TPSA) is 44.0 Å². The maximum Gasteiger partial charge on any atom is 0.0656 e. The van der Waals surface area contributed by atoms with Crippen molar-refractivity contribution in [1.82, 2.24) is 0 Å². The van der Waals surface area contributed by atoms with Gasteiger partial charge >= 0.3 is 0 Å². The second-order valence-electron chi connectivity index (χ2n) is 10.2. The summed E-state index contributed by atoms with van der Waals surface area (Å²) in [7, 11) is 0. The molecule has 4 aliphatic carbocycles. The second-order valence-corrected chi connectivity index (χ2v) is 10.2. The van der Waals surface area contributed by atoms with Gasteiger partial charge in [-0.05, 0) is 105 Å². The Bertz CT molecular complexity index is 539. The minimum atomic E-state index is -0.0409. The molecular formula is C22H35NO. The van der Waals surface area contributed by atoms with Crippen molar-refractivity contribution >= 4 is 0 Å². The molecule has 1 unspecified atom stereocenters. The quantitative estimate of drug-likeness (QED) is 0.721. The lowest BCUT2D eigenvalue weighted by Gasteiger charge is -2.61. The summed E-state index contributed by atoms with van der Waals surface area (Å²) in [6.07, 6.45) is 11.3. The Labute approximate surface area is 148 Å². The fraction of sp³-hybridized carbons (Fsp3) is 0.955. The average Bonchev–Trinajstić information content (AvgIpc) is 2.92. The van der Waals surface area contributed by atoms with E-state index in [1.165, 1.54) is 44.9 Å². The molecule has 0 amide bonds. The van der Waals surface area contributed by atoms with Crippen molar-refractivity contribution in [2.45, 2.75) is 84.7 Å². The van der Waals surface area contributed by atoms with Crippen LogP contribution in [0.2, 0.25) is 0 Å². The maximum absolute atomic E-state index is 10.1. The molecule has 0 aromatic carbocycles. The van der Waals surface area contributed by atoms with Crippen LogP contribution in [0.15, 0.2) is 0 Å². The predicted molar refractivity (Wildman–Crippen MR) is 96.0 cm³/mol. The number of nitrogens with zero attached hydrogens (tertiary/aromatic N) is 1. The van der Waals surface area contributed by atoms with E-state index in [1.54, 1.807) is 0 Å². The van der Waals surface area contributed by atoms with Crippen LogP contribution in [0.25, 0.3) is 0 Å². The van der Waals surface area contributed by atoms with Gasteiger partial charge in [0.15, 0.2) is 0 Å². The van der Waals surface area contributed by atoms with Crippen molar-refractivity contribution in [2.24, 2.45) is 46.3 Å². The summed E-state index contributed by atoms with van der Waals surface area (Å²) in [5.41, 5.74) is 0.885. The fourth-order valence-electron chi connectivity index (χ4n) is 8.19. The largest absolute Gasteiger partial charge is 0.393 e. The highest BCUT2D eigenvalue weighted by molar-refractivity contribution is 5.11. The van der Waals surface area contributed by atoms with Crippen molar-refractivity contribution in [3.05, 3.63) is 0 Å². The number of rotatable bonds is 1. The van der Waals surface area contributed by atoms with Crippen LogP contribution in [0.4, 0.5) is 0 Å². The summed E-state index contributed by atoms with van der Waals surface area (Å²) in [5.74, 6) is 4.19. The van der Waals surface area contributed by atoms with Gasteiger partial charge in [0, 0.05) is 5.92 Å². The Kier molecular flexibility index (Phi) is 4.03. The molecule has 0 spiro atoms. The van der Waals surface area contributed by atoms with Crippen molar-refractivity contribution in [2.75, 3.05) is 0 Å². The lowest BCUT2D eigenvalue weighted by molar-refractivity contribution is -0.128. The molecule has 0 aromatic rings. The molecule has 0 aliphatic heterocycles. The molecule has 4 saturated carbocycles. The van der Waals surface area contributed by atoms with Crippen molar-refractivity contribution < 1.29 is 5.11 Å². The molecule has 134 valence electrons. The third kappa shape index (κ3) is 2.23. The van der Waals surface area contributed by atoms with Gasteiger partial charge in [-0.1, -0.05) is 13.8 Å². The Morgan fingerprint density at radius 1 is 0.958 bits per heavy atom. The van der Waals surface area contributed by atoms with Crippen LogP contribution in [0.1, 0.15) is 78.6 Å². The smallest absolute Gasteiger partial charge is 0.0656 e. The first-order valence-corrected chi connectivity index (χ1v) is 10.5. The van der Waals surface area contributed by atoms with Gasteiger partial charge < -0.3 is 5.11 Å². The van der Waals surface area contributed by atoms with Crippen LogP contribution in [-0.2, 0) is 0 Å². The van der Waals surface area contributed by atoms with Gasteiger partial charge in [-0.15, -0.1) is 0 Å². The molecule has 0 aromatic heterocycles. The van der Waals surface area contributed by atoms with Gasteiger partial charge in [0.1, 0.15) is 0 Å². The number of fused-ring (bicyclic) bond motifs is 5. The van der Waals surface area contributed by atoms with Gasteiger partial charge in [-0.2, -0.15) is 5.26 Å². The van der Waals surface area contributed by atoms with Gasteiger partial charge in [0.2, 0.25) is 0 Å². The Morgan fingerprint density at radius 2 is 1.67 bits per heavy atom. The standard InChI is InChI=1S/C22H35NO/c1-14(13-23)18-6-7-19-17-5-4-15-12-16(24)8-10-21(15,2)20(17)9-11-22(18,19)3/h14-20,24H,4-12H2,1-3H3/t14?,15-,16-,17-,18+,19-,20-,21-,22+/m0/s1. The summed E-state index contributed by atoms with van der Waals surface area (Å²) < 4.78 is 0. The first kappa shape index (κ1) is 16.9. The van der Waals surface area contributed by atoms with Crippen LogP contribution in [0.3, 0.4) is 0 Å². The Hall–Kier alpha value is -0.550. The molecule has 2 nitrogen and oxygen atoms in total. The fourth-order valence-corrected chi connectivity index (χ4v) is 8.19. The highest BCUT2D eigenvalue weighted by Crippen LogP contribution is 2.68. The number of hydrogen-bond donors (Lipinski definition) is 1. The van der Waals surface area contributed by atoms with Gasteiger partial charge in [-0.3, -0.25) is 0 Å². The van der Waals surface area contributed by atoms with Crippen molar-refractivity contribution in [3.8, 4) is 6.07 Å². The number of nitriles is 1.